The lowest BCUT2D eigenvalue weighted by molar-refractivity contribution is 0.410. The summed E-state index contributed by atoms with van der Waals surface area (Å²) >= 11 is 5.98. The van der Waals surface area contributed by atoms with Gasteiger partial charge in [-0.25, -0.2) is 9.97 Å². The average molecular weight is 435 g/mol. The highest BCUT2D eigenvalue weighted by Gasteiger charge is 2.22. The van der Waals surface area contributed by atoms with E-state index in [-0.39, 0.29) is 18.0 Å². The van der Waals surface area contributed by atoms with Crippen molar-refractivity contribution in [1.82, 2.24) is 9.97 Å². The van der Waals surface area contributed by atoms with Gasteiger partial charge in [-0.1, -0.05) is 41.4 Å². The van der Waals surface area contributed by atoms with Crippen molar-refractivity contribution in [3.63, 3.8) is 0 Å². The maximum absolute atomic E-state index is 5.98. The lowest BCUT2D eigenvalue weighted by atomic mass is 9.91. The lowest BCUT2D eigenvalue weighted by Crippen LogP contribution is -2.32. The Kier molecular flexibility index (Phi) is 6.37. The predicted octanol–water partition coefficient (Wildman–Crippen LogP) is 4.76. The highest BCUT2D eigenvalue weighted by Crippen LogP contribution is 2.28. The quantitative estimate of drug-likeness (QED) is 0.397. The number of rotatable bonds is 5. The number of halogens is 1. The van der Waals surface area contributed by atoms with Crippen LogP contribution < -0.4 is 16.8 Å². The van der Waals surface area contributed by atoms with Gasteiger partial charge < -0.3 is 16.8 Å². The number of aliphatic imine (C=N–C) groups is 1. The lowest BCUT2D eigenvalue weighted by Gasteiger charge is -2.28. The van der Waals surface area contributed by atoms with E-state index in [0.717, 1.165) is 48.0 Å². The Morgan fingerprint density at radius 2 is 1.90 bits per heavy atom. The van der Waals surface area contributed by atoms with Crippen LogP contribution in [-0.4, -0.2) is 28.0 Å². The minimum atomic E-state index is 0.148. The van der Waals surface area contributed by atoms with E-state index in [0.29, 0.717) is 10.8 Å². The van der Waals surface area contributed by atoms with Gasteiger partial charge >= 0.3 is 0 Å². The summed E-state index contributed by atoms with van der Waals surface area (Å²) < 4.78 is 0. The maximum atomic E-state index is 5.98. The summed E-state index contributed by atoms with van der Waals surface area (Å²) in [6, 6.07) is 14.3. The number of guanidine groups is 1. The van der Waals surface area contributed by atoms with Crippen molar-refractivity contribution in [2.24, 2.45) is 16.5 Å². The molecule has 2 aromatic carbocycles. The normalized spacial score (nSPS) is 18.9. The third-order valence-electron chi connectivity index (χ3n) is 5.48. The fourth-order valence-corrected chi connectivity index (χ4v) is 4.13. The molecule has 31 heavy (non-hydrogen) atoms. The van der Waals surface area contributed by atoms with Crippen molar-refractivity contribution < 1.29 is 0 Å². The summed E-state index contributed by atoms with van der Waals surface area (Å²) in [5.74, 6) is 1.66. The molecule has 0 bridgehead atoms. The molecular weight excluding hydrogens is 408 g/mol. The number of nitrogens with zero attached hydrogens (tertiary/aromatic N) is 3. The van der Waals surface area contributed by atoms with Crippen molar-refractivity contribution in [3.8, 4) is 0 Å². The summed E-state index contributed by atoms with van der Waals surface area (Å²) in [4.78, 5) is 13.9. The molecule has 4 rings (SSSR count). The zero-order valence-corrected chi connectivity index (χ0v) is 18.3. The molecule has 1 aliphatic rings. The van der Waals surface area contributed by atoms with Crippen LogP contribution in [0.3, 0.4) is 0 Å². The summed E-state index contributed by atoms with van der Waals surface area (Å²) in [5, 5.41) is 5.38. The Labute approximate surface area is 187 Å². The molecule has 0 unspecified atom stereocenters. The van der Waals surface area contributed by atoms with Gasteiger partial charge in [0.25, 0.3) is 0 Å². The van der Waals surface area contributed by atoms with E-state index in [9.17, 15) is 0 Å². The zero-order valence-electron chi connectivity index (χ0n) is 17.6. The molecule has 2 atom stereocenters. The number of aromatic nitrogens is 2. The van der Waals surface area contributed by atoms with Gasteiger partial charge in [-0.3, -0.25) is 4.99 Å². The topological polar surface area (TPSA) is 102 Å². The molecule has 160 valence electrons. The maximum Gasteiger partial charge on any atom is 0.186 e. The van der Waals surface area contributed by atoms with Crippen LogP contribution in [0.5, 0.6) is 0 Å². The molecule has 1 aliphatic carbocycles. The van der Waals surface area contributed by atoms with Crippen LogP contribution in [0.4, 0.5) is 5.82 Å². The minimum absolute atomic E-state index is 0.148. The van der Waals surface area contributed by atoms with Crippen LogP contribution in [0.25, 0.3) is 23.1 Å². The number of hydrogen-bond donors (Lipinski definition) is 3. The van der Waals surface area contributed by atoms with Gasteiger partial charge in [-0.2, -0.15) is 0 Å². The van der Waals surface area contributed by atoms with Crippen LogP contribution in [0, 0.1) is 6.92 Å². The Morgan fingerprint density at radius 3 is 2.68 bits per heavy atom. The van der Waals surface area contributed by atoms with Gasteiger partial charge in [0.15, 0.2) is 11.8 Å². The second kappa shape index (κ2) is 9.35. The zero-order chi connectivity index (χ0) is 21.8. The van der Waals surface area contributed by atoms with Crippen molar-refractivity contribution in [1.29, 1.82) is 0 Å². The summed E-state index contributed by atoms with van der Waals surface area (Å²) in [7, 11) is 0. The van der Waals surface area contributed by atoms with Crippen molar-refractivity contribution in [2.75, 3.05) is 5.32 Å². The second-order valence-electron chi connectivity index (χ2n) is 8.05. The summed E-state index contributed by atoms with van der Waals surface area (Å²) in [6.45, 7) is 2.08. The van der Waals surface area contributed by atoms with Gasteiger partial charge in [0, 0.05) is 16.5 Å². The summed E-state index contributed by atoms with van der Waals surface area (Å²) in [6.07, 6.45) is 7.94. The van der Waals surface area contributed by atoms with Gasteiger partial charge in [0.1, 0.15) is 5.82 Å². The van der Waals surface area contributed by atoms with Crippen LogP contribution in [0.2, 0.25) is 5.02 Å². The monoisotopic (exact) mass is 434 g/mol. The second-order valence-corrected chi connectivity index (χ2v) is 8.49. The average Bonchev–Trinajstić information content (AvgIpc) is 2.73. The van der Waals surface area contributed by atoms with E-state index < -0.39 is 0 Å². The van der Waals surface area contributed by atoms with E-state index in [1.54, 1.807) is 0 Å². The molecule has 1 heterocycles. The molecule has 7 heteroatoms. The fraction of sp³-hybridized carbons (Fsp3) is 0.292. The molecule has 6 nitrogen and oxygen atoms in total. The van der Waals surface area contributed by atoms with Crippen LogP contribution in [0.15, 0.2) is 47.5 Å². The Morgan fingerprint density at radius 1 is 1.10 bits per heavy atom. The van der Waals surface area contributed by atoms with Gasteiger partial charge in [0.05, 0.1) is 11.6 Å². The number of nitrogens with two attached hydrogens (primary N) is 2. The number of benzene rings is 2. The largest absolute Gasteiger partial charge is 0.370 e. The molecule has 0 spiro atoms. The third kappa shape index (κ3) is 5.52. The van der Waals surface area contributed by atoms with Crippen LogP contribution in [-0.2, 0) is 0 Å². The standard InChI is InChI=1S/C24H27ClN6/c1-15-5-11-21-20(13-15)23(28-18-3-2-4-19(14-18)29-24(26)27)31-22(30-21)12-8-16-6-9-17(25)10-7-16/h5-13,18-19H,2-4,14H2,1H3,(H4,26,27,29)(H,28,30,31)/t18-,19-/m0/s1. The number of hydrogen-bond acceptors (Lipinski definition) is 4. The highest BCUT2D eigenvalue weighted by molar-refractivity contribution is 6.30. The van der Waals surface area contributed by atoms with Gasteiger partial charge in [0.2, 0.25) is 0 Å². The van der Waals surface area contributed by atoms with Gasteiger partial charge in [-0.15, -0.1) is 0 Å². The number of aryl methyl sites for hydroxylation is 1. The van der Waals surface area contributed by atoms with E-state index in [1.165, 1.54) is 5.56 Å². The Balaban J connectivity index is 1.63. The van der Waals surface area contributed by atoms with Crippen molar-refractivity contribution in [3.05, 3.63) is 64.4 Å². The number of fused-ring (bicyclic) bond motifs is 1. The van der Waals surface area contributed by atoms with Crippen LogP contribution in [0.1, 0.15) is 42.6 Å². The van der Waals surface area contributed by atoms with E-state index >= 15 is 0 Å². The molecule has 0 radical (unpaired) electrons. The van der Waals surface area contributed by atoms with Crippen molar-refractivity contribution in [2.45, 2.75) is 44.7 Å². The number of anilines is 1. The summed E-state index contributed by atoms with van der Waals surface area (Å²) in [5.41, 5.74) is 14.3. The predicted molar refractivity (Wildman–Crippen MR) is 130 cm³/mol. The third-order valence-corrected chi connectivity index (χ3v) is 5.73. The molecule has 0 aliphatic heterocycles. The first-order valence-electron chi connectivity index (χ1n) is 10.5. The van der Waals surface area contributed by atoms with E-state index in [2.05, 4.69) is 29.4 Å². The number of nitrogens with one attached hydrogen (secondary N) is 1. The molecule has 1 saturated carbocycles. The van der Waals surface area contributed by atoms with E-state index in [1.807, 2.05) is 42.5 Å². The fourth-order valence-electron chi connectivity index (χ4n) is 4.01. The Bertz CT molecular complexity index is 1120. The van der Waals surface area contributed by atoms with Crippen LogP contribution >= 0.6 is 11.6 Å². The van der Waals surface area contributed by atoms with E-state index in [4.69, 9.17) is 33.0 Å². The highest BCUT2D eigenvalue weighted by atomic mass is 35.5. The molecular formula is C24H27ClN6. The molecule has 1 fully saturated rings. The smallest absolute Gasteiger partial charge is 0.186 e. The first-order valence-corrected chi connectivity index (χ1v) is 10.9. The van der Waals surface area contributed by atoms with Crippen molar-refractivity contribution >= 4 is 46.4 Å². The molecule has 5 N–H and O–H groups in total. The SMILES string of the molecule is Cc1ccc2nc(C=Cc3ccc(Cl)cc3)nc(N[C@H]3CCC[C@H](N=C(N)N)C3)c2c1. The first-order chi connectivity index (χ1) is 15.0. The molecule has 0 saturated heterocycles. The molecule has 0 amide bonds. The Hall–Kier alpha value is -3.12. The first kappa shape index (κ1) is 21.1. The molecule has 3 aromatic rings. The molecule has 1 aromatic heterocycles. The minimum Gasteiger partial charge on any atom is -0.370 e. The van der Waals surface area contributed by atoms with Gasteiger partial charge in [-0.05, 0) is 68.5 Å².